The summed E-state index contributed by atoms with van der Waals surface area (Å²) in [6, 6.07) is 28.5. The molecule has 7 aliphatic rings. The maximum Gasteiger partial charge on any atom is 0.312 e. The summed E-state index contributed by atoms with van der Waals surface area (Å²) in [6.07, 6.45) is 12.8. The van der Waals surface area contributed by atoms with Gasteiger partial charge in [-0.1, -0.05) is 54.6 Å². The van der Waals surface area contributed by atoms with Gasteiger partial charge in [0.05, 0.1) is 31.1 Å². The second-order valence-corrected chi connectivity index (χ2v) is 17.1. The van der Waals surface area contributed by atoms with Gasteiger partial charge < -0.3 is 14.0 Å². The number of nitrogens with zero attached hydrogens (tertiary/aromatic N) is 2. The third-order valence-electron chi connectivity index (χ3n) is 14.4. The van der Waals surface area contributed by atoms with Gasteiger partial charge in [-0.2, -0.15) is 0 Å². The van der Waals surface area contributed by atoms with Gasteiger partial charge in [0.15, 0.2) is 6.10 Å². The van der Waals surface area contributed by atoms with Gasteiger partial charge in [-0.15, -0.1) is 6.58 Å². The molecule has 12 rings (SSSR count). The molecule has 4 heterocycles. The Morgan fingerprint density at radius 2 is 1.59 bits per heavy atom. The molecule has 4 aromatic carbocycles. The number of carbonyl (C=O) groups excluding carboxylic acids is 1. The van der Waals surface area contributed by atoms with Crippen LogP contribution in [0.5, 0.6) is 5.75 Å². The van der Waals surface area contributed by atoms with Gasteiger partial charge in [-0.25, -0.2) is 0 Å². The zero-order chi connectivity index (χ0) is 34.3. The van der Waals surface area contributed by atoms with Gasteiger partial charge in [-0.3, -0.25) is 9.78 Å². The molecule has 5 atom stereocenters. The zero-order valence-corrected chi connectivity index (χ0v) is 29.8. The minimum Gasteiger partial charge on any atom is -0.497 e. The summed E-state index contributed by atoms with van der Waals surface area (Å²) in [6.45, 7) is 7.33. The van der Waals surface area contributed by atoms with Crippen molar-refractivity contribution >= 4 is 38.4 Å². The van der Waals surface area contributed by atoms with Crippen molar-refractivity contribution < 1.29 is 18.8 Å². The van der Waals surface area contributed by atoms with E-state index in [-0.39, 0.29) is 17.4 Å². The molecule has 0 N–H and O–H groups in total. The first-order valence-electron chi connectivity index (χ1n) is 19.5. The summed E-state index contributed by atoms with van der Waals surface area (Å²) in [4.78, 5) is 19.8. The average Bonchev–Trinajstić information content (AvgIpc) is 3.16. The van der Waals surface area contributed by atoms with Crippen LogP contribution in [-0.2, 0) is 16.1 Å². The first-order valence-corrected chi connectivity index (χ1v) is 19.5. The van der Waals surface area contributed by atoms with Gasteiger partial charge >= 0.3 is 5.97 Å². The molecule has 4 saturated carbocycles. The first kappa shape index (κ1) is 31.5. The molecular weight excluding hydrogens is 629 g/mol. The Labute approximate surface area is 301 Å². The Bertz CT molecular complexity index is 2100. The average molecular weight is 678 g/mol. The number of fused-ring (bicyclic) bond motifs is 6. The zero-order valence-electron chi connectivity index (χ0n) is 29.8. The van der Waals surface area contributed by atoms with Crippen molar-refractivity contribution in [1.29, 1.82) is 0 Å². The molecule has 0 radical (unpaired) electrons. The largest absolute Gasteiger partial charge is 0.497 e. The number of hydrogen-bond donors (Lipinski definition) is 0. The molecular formula is C46H49N2O3+. The van der Waals surface area contributed by atoms with Crippen LogP contribution in [0, 0.1) is 35.0 Å². The highest BCUT2D eigenvalue weighted by Crippen LogP contribution is 2.61. The van der Waals surface area contributed by atoms with Crippen LogP contribution >= 0.6 is 0 Å². The molecule has 3 saturated heterocycles. The minimum atomic E-state index is -0.391. The van der Waals surface area contributed by atoms with E-state index in [1.807, 2.05) is 18.3 Å². The van der Waals surface area contributed by atoms with E-state index >= 15 is 4.79 Å². The Hall–Kier alpha value is -4.22. The molecule has 1 aromatic heterocycles. The normalized spacial score (nSPS) is 32.7. The highest BCUT2D eigenvalue weighted by atomic mass is 16.5. The van der Waals surface area contributed by atoms with Crippen LogP contribution in [0.15, 0.2) is 97.7 Å². The van der Waals surface area contributed by atoms with Crippen molar-refractivity contribution in [1.82, 2.24) is 4.98 Å². The number of ether oxygens (including phenoxy) is 2. The van der Waals surface area contributed by atoms with Crippen molar-refractivity contribution in [3.05, 3.63) is 109 Å². The van der Waals surface area contributed by atoms with Crippen LogP contribution in [0.4, 0.5) is 0 Å². The first-order chi connectivity index (χ1) is 24.9. The number of methoxy groups -OCH3 is 1. The predicted octanol–water partition coefficient (Wildman–Crippen LogP) is 9.96. The van der Waals surface area contributed by atoms with E-state index in [1.165, 1.54) is 46.4 Å². The van der Waals surface area contributed by atoms with E-state index in [0.29, 0.717) is 29.6 Å². The van der Waals surface area contributed by atoms with Crippen molar-refractivity contribution in [3.63, 3.8) is 0 Å². The maximum atomic E-state index is 15.0. The number of pyridine rings is 1. The number of piperidine rings is 3. The SMILES string of the molecule is C=C[C@H]1C[N+]2(Cc3c4ccccc4cc4ccccc34)CC[C@H]1C[C@@H]2[C@@H](OC(=O)C12CC3CC(CC(C3)C1)C2)c1ccnc2ccc(OC)cc12. The molecule has 5 aromatic rings. The fourth-order valence-corrected chi connectivity index (χ4v) is 12.4. The number of quaternary nitrogens is 1. The summed E-state index contributed by atoms with van der Waals surface area (Å²) in [5.74, 6) is 3.85. The number of hydrogen-bond acceptors (Lipinski definition) is 4. The van der Waals surface area contributed by atoms with Crippen LogP contribution in [-0.4, -0.2) is 41.7 Å². The van der Waals surface area contributed by atoms with Crippen LogP contribution < -0.4 is 4.74 Å². The summed E-state index contributed by atoms with van der Waals surface area (Å²) >= 11 is 0. The topological polar surface area (TPSA) is 48.4 Å². The van der Waals surface area contributed by atoms with Gasteiger partial charge in [0, 0.05) is 41.5 Å². The predicted molar refractivity (Wildman–Crippen MR) is 203 cm³/mol. The summed E-state index contributed by atoms with van der Waals surface area (Å²) < 4.78 is 13.9. The Kier molecular flexibility index (Phi) is 7.36. The lowest BCUT2D eigenvalue weighted by Crippen LogP contribution is -2.68. The molecule has 1 unspecified atom stereocenters. The van der Waals surface area contributed by atoms with E-state index in [0.717, 1.165) is 78.4 Å². The number of rotatable bonds is 8. The highest BCUT2D eigenvalue weighted by molar-refractivity contribution is 6.02. The van der Waals surface area contributed by atoms with Crippen LogP contribution in [0.25, 0.3) is 32.4 Å². The van der Waals surface area contributed by atoms with Crippen molar-refractivity contribution in [3.8, 4) is 5.75 Å². The number of carbonyl (C=O) groups is 1. The van der Waals surface area contributed by atoms with Crippen LogP contribution in [0.1, 0.15) is 68.6 Å². The Morgan fingerprint density at radius 3 is 2.25 bits per heavy atom. The van der Waals surface area contributed by atoms with E-state index in [9.17, 15) is 0 Å². The fraction of sp³-hybridized carbons (Fsp3) is 0.435. The van der Waals surface area contributed by atoms with E-state index in [4.69, 9.17) is 14.5 Å². The standard InChI is InChI=1S/C46H49N2O3/c1-3-32-27-48(28-41-37-10-6-4-8-34(37)21-35-9-5-7-11-38(35)41)17-15-33(32)22-43(48)44(39-14-16-47-42-13-12-36(50-2)23-40(39)42)51-45(49)46-24-29-18-30(25-46)20-31(19-29)26-46/h3-14,16,21,23,29-33,43-44H,1,15,17-20,22,24-28H2,2H3/q+1/t29?,30?,31?,32-,33-,43+,44-,46?,48?/m0/s1. The van der Waals surface area contributed by atoms with E-state index < -0.39 is 6.10 Å². The minimum absolute atomic E-state index is 0.0659. The van der Waals surface area contributed by atoms with E-state index in [1.54, 1.807) is 7.11 Å². The molecule has 4 aliphatic carbocycles. The van der Waals surface area contributed by atoms with Crippen molar-refractivity contribution in [2.24, 2.45) is 35.0 Å². The lowest BCUT2D eigenvalue weighted by molar-refractivity contribution is -0.984. The third-order valence-corrected chi connectivity index (χ3v) is 14.4. The number of aromatic nitrogens is 1. The smallest absolute Gasteiger partial charge is 0.312 e. The number of benzene rings is 4. The van der Waals surface area contributed by atoms with Gasteiger partial charge in [0.2, 0.25) is 0 Å². The van der Waals surface area contributed by atoms with Crippen molar-refractivity contribution in [2.75, 3.05) is 20.2 Å². The molecule has 260 valence electrons. The number of esters is 1. The Morgan fingerprint density at radius 1 is 0.902 bits per heavy atom. The lowest BCUT2D eigenvalue weighted by Gasteiger charge is -2.59. The highest BCUT2D eigenvalue weighted by Gasteiger charge is 2.59. The molecule has 5 heteroatoms. The molecule has 6 bridgehead atoms. The van der Waals surface area contributed by atoms with E-state index in [2.05, 4.69) is 79.4 Å². The maximum absolute atomic E-state index is 15.0. The molecule has 0 amide bonds. The molecule has 0 spiro atoms. The van der Waals surface area contributed by atoms with Crippen LogP contribution in [0.2, 0.25) is 0 Å². The molecule has 3 aliphatic heterocycles. The Balaban J connectivity index is 1.14. The quantitative estimate of drug-likeness (QED) is 0.0710. The summed E-state index contributed by atoms with van der Waals surface area (Å²) in [7, 11) is 1.72. The molecule has 7 fully saturated rings. The third kappa shape index (κ3) is 5.05. The van der Waals surface area contributed by atoms with Crippen molar-refractivity contribution in [2.45, 2.75) is 70.1 Å². The second-order valence-electron chi connectivity index (χ2n) is 17.1. The summed E-state index contributed by atoms with van der Waals surface area (Å²) in [5.41, 5.74) is 3.06. The van der Waals surface area contributed by atoms with Crippen LogP contribution in [0.3, 0.4) is 0 Å². The molecule has 5 nitrogen and oxygen atoms in total. The van der Waals surface area contributed by atoms with Gasteiger partial charge in [-0.05, 0) is 114 Å². The molecule has 51 heavy (non-hydrogen) atoms. The lowest BCUT2D eigenvalue weighted by atomic mass is 9.49. The summed E-state index contributed by atoms with van der Waals surface area (Å²) in [5, 5.41) is 6.24. The monoisotopic (exact) mass is 677 g/mol. The van der Waals surface area contributed by atoms with Gasteiger partial charge in [0.1, 0.15) is 18.3 Å². The second kappa shape index (κ2) is 11.9. The van der Waals surface area contributed by atoms with Gasteiger partial charge in [0.25, 0.3) is 0 Å². The fourth-order valence-electron chi connectivity index (χ4n) is 12.4.